The Hall–Kier alpha value is -1.36. The molecule has 4 nitrogen and oxygen atoms in total. The third kappa shape index (κ3) is 2.97. The van der Waals surface area contributed by atoms with Crippen molar-refractivity contribution in [3.63, 3.8) is 0 Å². The number of nitrogens with two attached hydrogens (primary N) is 1. The van der Waals surface area contributed by atoms with Gasteiger partial charge in [0.1, 0.15) is 5.75 Å². The number of hydrogen-bond donors (Lipinski definition) is 1. The zero-order valence-electron chi connectivity index (χ0n) is 11.6. The fourth-order valence-corrected chi connectivity index (χ4v) is 3.75. The highest BCUT2D eigenvalue weighted by Gasteiger charge is 2.27. The molecule has 1 aromatic rings. The van der Waals surface area contributed by atoms with Gasteiger partial charge in [-0.15, -0.1) is 0 Å². The molecule has 104 valence electrons. The number of para-hydroxylation sites is 1. The number of amides is 1. The number of anilines is 1. The van der Waals surface area contributed by atoms with Crippen LogP contribution in [0.25, 0.3) is 0 Å². The molecule has 2 N–H and O–H groups in total. The van der Waals surface area contributed by atoms with Crippen molar-refractivity contribution in [2.24, 2.45) is 0 Å². The highest BCUT2D eigenvalue weighted by molar-refractivity contribution is 8.00. The molecule has 1 aliphatic heterocycles. The van der Waals surface area contributed by atoms with Crippen molar-refractivity contribution in [2.45, 2.75) is 24.3 Å². The van der Waals surface area contributed by atoms with Gasteiger partial charge in [-0.2, -0.15) is 11.8 Å². The third-order valence-corrected chi connectivity index (χ3v) is 4.45. The summed E-state index contributed by atoms with van der Waals surface area (Å²) in [4.78, 5) is 14.4. The van der Waals surface area contributed by atoms with Gasteiger partial charge < -0.3 is 15.4 Å². The van der Waals surface area contributed by atoms with Gasteiger partial charge in [-0.1, -0.05) is 19.9 Å². The van der Waals surface area contributed by atoms with Gasteiger partial charge in [-0.3, -0.25) is 4.79 Å². The lowest BCUT2D eigenvalue weighted by Crippen LogP contribution is -2.44. The number of nitrogens with zero attached hydrogens (tertiary/aromatic N) is 1. The average Bonchev–Trinajstić information content (AvgIpc) is 2.37. The molecule has 0 bridgehead atoms. The number of ether oxygens (including phenoxy) is 1. The Kier molecular flexibility index (Phi) is 4.24. The number of nitrogen functional groups attached to an aromatic ring is 1. The molecule has 1 aliphatic rings. The molecule has 2 atom stereocenters. The maximum absolute atomic E-state index is 12.6. The van der Waals surface area contributed by atoms with Gasteiger partial charge in [-0.05, 0) is 12.1 Å². The predicted molar refractivity (Wildman–Crippen MR) is 79.8 cm³/mol. The van der Waals surface area contributed by atoms with E-state index in [4.69, 9.17) is 10.5 Å². The molecule has 0 spiro atoms. The van der Waals surface area contributed by atoms with E-state index in [9.17, 15) is 4.79 Å². The molecule has 2 unspecified atom stereocenters. The second kappa shape index (κ2) is 5.74. The standard InChI is InChI=1S/C14H20N2O2S/c1-9-7-16(8-10(2)19-9)14(17)11-5-4-6-12(18-3)13(11)15/h4-6,9-10H,7-8,15H2,1-3H3. The summed E-state index contributed by atoms with van der Waals surface area (Å²) in [5.74, 6) is 0.550. The summed E-state index contributed by atoms with van der Waals surface area (Å²) in [6.07, 6.45) is 0. The SMILES string of the molecule is COc1cccc(C(=O)N2CC(C)SC(C)C2)c1N. The van der Waals surface area contributed by atoms with Crippen LogP contribution in [0.1, 0.15) is 24.2 Å². The van der Waals surface area contributed by atoms with Gasteiger partial charge in [-0.25, -0.2) is 0 Å². The van der Waals surface area contributed by atoms with Crippen molar-refractivity contribution in [1.82, 2.24) is 4.90 Å². The van der Waals surface area contributed by atoms with Crippen LogP contribution in [0.2, 0.25) is 0 Å². The van der Waals surface area contributed by atoms with Crippen molar-refractivity contribution in [2.75, 3.05) is 25.9 Å². The quantitative estimate of drug-likeness (QED) is 0.844. The Morgan fingerprint density at radius 1 is 1.37 bits per heavy atom. The number of methoxy groups -OCH3 is 1. The third-order valence-electron chi connectivity index (χ3n) is 3.22. The minimum absolute atomic E-state index is 0.00426. The molecular formula is C14H20N2O2S. The van der Waals surface area contributed by atoms with Crippen LogP contribution in [0, 0.1) is 0 Å². The Bertz CT molecular complexity index is 469. The van der Waals surface area contributed by atoms with Crippen LogP contribution in [0.15, 0.2) is 18.2 Å². The highest BCUT2D eigenvalue weighted by Crippen LogP contribution is 2.29. The largest absolute Gasteiger partial charge is 0.495 e. The van der Waals surface area contributed by atoms with E-state index in [2.05, 4.69) is 13.8 Å². The topological polar surface area (TPSA) is 55.6 Å². The summed E-state index contributed by atoms with van der Waals surface area (Å²) in [6, 6.07) is 5.33. The minimum atomic E-state index is -0.00426. The second-order valence-electron chi connectivity index (χ2n) is 4.89. The van der Waals surface area contributed by atoms with Crippen molar-refractivity contribution in [3.8, 4) is 5.75 Å². The van der Waals surface area contributed by atoms with Gasteiger partial charge in [0.15, 0.2) is 0 Å². The second-order valence-corrected chi connectivity index (χ2v) is 6.77. The molecule has 1 saturated heterocycles. The number of rotatable bonds is 2. The van der Waals surface area contributed by atoms with E-state index >= 15 is 0 Å². The summed E-state index contributed by atoms with van der Waals surface area (Å²) in [7, 11) is 1.56. The monoisotopic (exact) mass is 280 g/mol. The maximum atomic E-state index is 12.6. The first-order chi connectivity index (χ1) is 9.02. The Morgan fingerprint density at radius 2 is 2.00 bits per heavy atom. The van der Waals surface area contributed by atoms with Gasteiger partial charge in [0.2, 0.25) is 0 Å². The van der Waals surface area contributed by atoms with Crippen LogP contribution in [-0.4, -0.2) is 41.5 Å². The molecular weight excluding hydrogens is 260 g/mol. The van der Waals surface area contributed by atoms with Crippen LogP contribution in [-0.2, 0) is 0 Å². The molecule has 2 rings (SSSR count). The number of carbonyl (C=O) groups is 1. The van der Waals surface area contributed by atoms with Crippen molar-refractivity contribution in [3.05, 3.63) is 23.8 Å². The van der Waals surface area contributed by atoms with Crippen molar-refractivity contribution >= 4 is 23.4 Å². The predicted octanol–water partition coefficient (Wildman–Crippen LogP) is 2.24. The van der Waals surface area contributed by atoms with Crippen molar-refractivity contribution < 1.29 is 9.53 Å². The molecule has 1 fully saturated rings. The van der Waals surface area contributed by atoms with E-state index in [1.54, 1.807) is 25.3 Å². The van der Waals surface area contributed by atoms with Crippen LogP contribution >= 0.6 is 11.8 Å². The number of benzene rings is 1. The molecule has 0 radical (unpaired) electrons. The van der Waals surface area contributed by atoms with Crippen LogP contribution in [0.3, 0.4) is 0 Å². The minimum Gasteiger partial charge on any atom is -0.495 e. The lowest BCUT2D eigenvalue weighted by Gasteiger charge is -2.34. The van der Waals surface area contributed by atoms with Crippen LogP contribution in [0.5, 0.6) is 5.75 Å². The molecule has 0 aliphatic carbocycles. The summed E-state index contributed by atoms with van der Waals surface area (Å²) in [6.45, 7) is 5.83. The molecule has 1 amide bonds. The van der Waals surface area contributed by atoms with E-state index in [0.29, 0.717) is 27.5 Å². The summed E-state index contributed by atoms with van der Waals surface area (Å²) in [5.41, 5.74) is 6.95. The Labute approximate surface area is 118 Å². The highest BCUT2D eigenvalue weighted by atomic mass is 32.2. The molecule has 1 aromatic carbocycles. The first-order valence-corrected chi connectivity index (χ1v) is 7.34. The molecule has 5 heteroatoms. The molecule has 0 saturated carbocycles. The smallest absolute Gasteiger partial charge is 0.256 e. The van der Waals surface area contributed by atoms with E-state index in [-0.39, 0.29) is 5.91 Å². The van der Waals surface area contributed by atoms with Crippen molar-refractivity contribution in [1.29, 1.82) is 0 Å². The number of carbonyl (C=O) groups excluding carboxylic acids is 1. The molecule has 19 heavy (non-hydrogen) atoms. The maximum Gasteiger partial charge on any atom is 0.256 e. The first-order valence-electron chi connectivity index (χ1n) is 6.40. The lowest BCUT2D eigenvalue weighted by atomic mass is 10.1. The van der Waals surface area contributed by atoms with Crippen LogP contribution in [0.4, 0.5) is 5.69 Å². The fourth-order valence-electron chi connectivity index (χ4n) is 2.42. The van der Waals surface area contributed by atoms with Gasteiger partial charge in [0.25, 0.3) is 5.91 Å². The summed E-state index contributed by atoms with van der Waals surface area (Å²) >= 11 is 1.92. The number of thioether (sulfide) groups is 1. The first kappa shape index (κ1) is 14.1. The normalized spacial score (nSPS) is 23.2. The Morgan fingerprint density at radius 3 is 2.58 bits per heavy atom. The average molecular weight is 280 g/mol. The van der Waals surface area contributed by atoms with Gasteiger partial charge in [0.05, 0.1) is 18.4 Å². The molecule has 0 aromatic heterocycles. The van der Waals surface area contributed by atoms with Crippen LogP contribution < -0.4 is 10.5 Å². The summed E-state index contributed by atoms with van der Waals surface area (Å²) < 4.78 is 5.17. The van der Waals surface area contributed by atoms with E-state index in [0.717, 1.165) is 13.1 Å². The van der Waals surface area contributed by atoms with Gasteiger partial charge >= 0.3 is 0 Å². The zero-order chi connectivity index (χ0) is 14.0. The molecule has 1 heterocycles. The lowest BCUT2D eigenvalue weighted by molar-refractivity contribution is 0.0754. The zero-order valence-corrected chi connectivity index (χ0v) is 12.4. The number of hydrogen-bond acceptors (Lipinski definition) is 4. The van der Waals surface area contributed by atoms with E-state index in [1.165, 1.54) is 0 Å². The van der Waals surface area contributed by atoms with E-state index < -0.39 is 0 Å². The Balaban J connectivity index is 2.24. The summed E-state index contributed by atoms with van der Waals surface area (Å²) in [5, 5.41) is 0.916. The van der Waals surface area contributed by atoms with Gasteiger partial charge in [0, 0.05) is 23.6 Å². The van der Waals surface area contributed by atoms with E-state index in [1.807, 2.05) is 16.7 Å². The fraction of sp³-hybridized carbons (Fsp3) is 0.500.